The molecule has 0 aliphatic rings. The normalized spacial score (nSPS) is 12.1. The fourth-order valence-corrected chi connectivity index (χ4v) is 4.06. The number of anilines is 1. The second kappa shape index (κ2) is 9.15. The van der Waals surface area contributed by atoms with Crippen LogP contribution in [0.15, 0.2) is 51.8 Å². The van der Waals surface area contributed by atoms with Crippen molar-refractivity contribution in [2.75, 3.05) is 24.5 Å². The van der Waals surface area contributed by atoms with E-state index in [1.165, 1.54) is 6.07 Å². The first-order valence-electron chi connectivity index (χ1n) is 8.38. The maximum Gasteiger partial charge on any atom is 0.573 e. The van der Waals surface area contributed by atoms with Gasteiger partial charge in [0, 0.05) is 29.8 Å². The molecule has 0 aromatic heterocycles. The van der Waals surface area contributed by atoms with Gasteiger partial charge in [-0.05, 0) is 49.7 Å². The standard InChI is InChI=1S/C18H20BrF3N2O3S/c1-3-24(15-6-4-5-13(2)11-15)10-9-23-28(25,26)17-8-7-14(19)12-16(17)27-18(20,21)22/h4-8,11-12,23H,3,9-10H2,1-2H3. The summed E-state index contributed by atoms with van der Waals surface area (Å²) in [5, 5.41) is 0. The van der Waals surface area contributed by atoms with E-state index in [0.717, 1.165) is 23.4 Å². The number of alkyl halides is 3. The average Bonchev–Trinajstić information content (AvgIpc) is 2.57. The number of halogens is 4. The quantitative estimate of drug-likeness (QED) is 0.605. The number of nitrogens with zero attached hydrogens (tertiary/aromatic N) is 1. The first-order valence-corrected chi connectivity index (χ1v) is 10.7. The van der Waals surface area contributed by atoms with Gasteiger partial charge in [0.1, 0.15) is 4.90 Å². The highest BCUT2D eigenvalue weighted by Gasteiger charge is 2.34. The zero-order valence-electron chi connectivity index (χ0n) is 15.3. The van der Waals surface area contributed by atoms with Crippen molar-refractivity contribution in [1.29, 1.82) is 0 Å². The number of sulfonamides is 1. The van der Waals surface area contributed by atoms with Crippen LogP contribution in [0.2, 0.25) is 0 Å². The molecule has 0 unspecified atom stereocenters. The summed E-state index contributed by atoms with van der Waals surface area (Å²) in [6.45, 7) is 4.90. The van der Waals surface area contributed by atoms with Crippen molar-refractivity contribution in [3.05, 3.63) is 52.5 Å². The summed E-state index contributed by atoms with van der Waals surface area (Å²) in [6.07, 6.45) is -5.00. The van der Waals surface area contributed by atoms with Gasteiger partial charge in [-0.25, -0.2) is 13.1 Å². The first kappa shape index (κ1) is 22.5. The molecule has 0 amide bonds. The Kier molecular flexibility index (Phi) is 7.35. The van der Waals surface area contributed by atoms with Crippen LogP contribution in [0.3, 0.4) is 0 Å². The third kappa shape index (κ3) is 6.39. The Hall–Kier alpha value is -1.78. The Balaban J connectivity index is 2.13. The highest BCUT2D eigenvalue weighted by atomic mass is 79.9. The number of likely N-dealkylation sites (N-methyl/N-ethyl adjacent to an activating group) is 1. The Labute approximate surface area is 170 Å². The summed E-state index contributed by atoms with van der Waals surface area (Å²) in [5.41, 5.74) is 2.01. The van der Waals surface area contributed by atoms with Crippen LogP contribution in [0.5, 0.6) is 5.75 Å². The molecule has 154 valence electrons. The van der Waals surface area contributed by atoms with Crippen LogP contribution in [0, 0.1) is 6.92 Å². The topological polar surface area (TPSA) is 58.6 Å². The molecule has 5 nitrogen and oxygen atoms in total. The van der Waals surface area contributed by atoms with E-state index in [4.69, 9.17) is 0 Å². The molecule has 0 bridgehead atoms. The molecule has 0 aliphatic heterocycles. The molecule has 0 spiro atoms. The molecule has 2 aromatic carbocycles. The van der Waals surface area contributed by atoms with Gasteiger partial charge in [0.2, 0.25) is 10.0 Å². The van der Waals surface area contributed by atoms with Crippen molar-refractivity contribution in [3.8, 4) is 5.75 Å². The number of benzene rings is 2. The number of hydrogen-bond acceptors (Lipinski definition) is 4. The van der Waals surface area contributed by atoms with Crippen LogP contribution >= 0.6 is 15.9 Å². The van der Waals surface area contributed by atoms with Crippen molar-refractivity contribution in [2.45, 2.75) is 25.1 Å². The third-order valence-corrected chi connectivity index (χ3v) is 5.84. The molecule has 28 heavy (non-hydrogen) atoms. The van der Waals surface area contributed by atoms with E-state index < -0.39 is 27.0 Å². The van der Waals surface area contributed by atoms with Crippen molar-refractivity contribution < 1.29 is 26.3 Å². The molecule has 0 radical (unpaired) electrons. The molecule has 0 fully saturated rings. The predicted octanol–water partition coefficient (Wildman–Crippen LogP) is 4.46. The fourth-order valence-electron chi connectivity index (χ4n) is 2.60. The number of nitrogens with one attached hydrogen (secondary N) is 1. The molecular weight excluding hydrogens is 461 g/mol. The summed E-state index contributed by atoms with van der Waals surface area (Å²) in [5.74, 6) is -0.791. The molecule has 10 heteroatoms. The lowest BCUT2D eigenvalue weighted by molar-refractivity contribution is -0.275. The molecule has 0 saturated carbocycles. The Morgan fingerprint density at radius 2 is 1.89 bits per heavy atom. The monoisotopic (exact) mass is 480 g/mol. The van der Waals surface area contributed by atoms with Gasteiger partial charge in [0.25, 0.3) is 0 Å². The molecular formula is C18H20BrF3N2O3S. The molecule has 2 rings (SSSR count). The van der Waals surface area contributed by atoms with Crippen LogP contribution in [0.1, 0.15) is 12.5 Å². The lowest BCUT2D eigenvalue weighted by atomic mass is 10.2. The summed E-state index contributed by atoms with van der Waals surface area (Å²) in [6, 6.07) is 11.1. The van der Waals surface area contributed by atoms with Gasteiger partial charge < -0.3 is 9.64 Å². The van der Waals surface area contributed by atoms with Gasteiger partial charge in [-0.3, -0.25) is 0 Å². The Morgan fingerprint density at radius 1 is 1.18 bits per heavy atom. The van der Waals surface area contributed by atoms with Gasteiger partial charge in [0.05, 0.1) is 0 Å². The first-order chi connectivity index (χ1) is 13.0. The number of rotatable bonds is 8. The van der Waals surface area contributed by atoms with E-state index >= 15 is 0 Å². The molecule has 2 aromatic rings. The lowest BCUT2D eigenvalue weighted by Crippen LogP contribution is -2.35. The van der Waals surface area contributed by atoms with Crippen LogP contribution in [0.4, 0.5) is 18.9 Å². The third-order valence-electron chi connectivity index (χ3n) is 3.84. The number of aryl methyl sites for hydroxylation is 1. The van der Waals surface area contributed by atoms with E-state index in [-0.39, 0.29) is 11.0 Å². The largest absolute Gasteiger partial charge is 0.573 e. The van der Waals surface area contributed by atoms with Crippen molar-refractivity contribution in [1.82, 2.24) is 4.72 Å². The van der Waals surface area contributed by atoms with Crippen LogP contribution in [-0.2, 0) is 10.0 Å². The number of ether oxygens (including phenoxy) is 1. The molecule has 1 N–H and O–H groups in total. The zero-order valence-corrected chi connectivity index (χ0v) is 17.7. The zero-order chi connectivity index (χ0) is 20.9. The maximum atomic E-state index is 12.6. The maximum absolute atomic E-state index is 12.6. The summed E-state index contributed by atoms with van der Waals surface area (Å²) in [7, 11) is -4.20. The highest BCUT2D eigenvalue weighted by molar-refractivity contribution is 9.10. The van der Waals surface area contributed by atoms with Crippen LogP contribution in [0.25, 0.3) is 0 Å². The van der Waals surface area contributed by atoms with E-state index in [9.17, 15) is 21.6 Å². The minimum absolute atomic E-state index is 0.0195. The van der Waals surface area contributed by atoms with Gasteiger partial charge in [-0.2, -0.15) is 0 Å². The number of hydrogen-bond donors (Lipinski definition) is 1. The minimum Gasteiger partial charge on any atom is -0.404 e. The highest BCUT2D eigenvalue weighted by Crippen LogP contribution is 2.32. The average molecular weight is 481 g/mol. The van der Waals surface area contributed by atoms with E-state index in [1.54, 1.807) is 0 Å². The van der Waals surface area contributed by atoms with Gasteiger partial charge in [-0.15, -0.1) is 13.2 Å². The van der Waals surface area contributed by atoms with Crippen molar-refractivity contribution >= 4 is 31.6 Å². The summed E-state index contributed by atoms with van der Waals surface area (Å²) < 4.78 is 69.3. The van der Waals surface area contributed by atoms with Gasteiger partial charge >= 0.3 is 6.36 Å². The van der Waals surface area contributed by atoms with E-state index in [2.05, 4.69) is 25.4 Å². The van der Waals surface area contributed by atoms with Crippen molar-refractivity contribution in [3.63, 3.8) is 0 Å². The Morgan fingerprint density at radius 3 is 2.50 bits per heavy atom. The lowest BCUT2D eigenvalue weighted by Gasteiger charge is -2.23. The van der Waals surface area contributed by atoms with Crippen LogP contribution in [-0.4, -0.2) is 34.4 Å². The molecule has 0 saturated heterocycles. The van der Waals surface area contributed by atoms with E-state index in [1.807, 2.05) is 43.0 Å². The molecule has 0 atom stereocenters. The molecule has 0 aliphatic carbocycles. The summed E-state index contributed by atoms with van der Waals surface area (Å²) in [4.78, 5) is 1.39. The SMILES string of the molecule is CCN(CCNS(=O)(=O)c1ccc(Br)cc1OC(F)(F)F)c1cccc(C)c1. The van der Waals surface area contributed by atoms with E-state index in [0.29, 0.717) is 13.1 Å². The predicted molar refractivity (Wildman–Crippen MR) is 105 cm³/mol. The fraction of sp³-hybridized carbons (Fsp3) is 0.333. The van der Waals surface area contributed by atoms with Crippen molar-refractivity contribution in [2.24, 2.45) is 0 Å². The van der Waals surface area contributed by atoms with Gasteiger partial charge in [-0.1, -0.05) is 28.1 Å². The Bertz CT molecular complexity index is 921. The van der Waals surface area contributed by atoms with Gasteiger partial charge in [0.15, 0.2) is 5.75 Å². The molecule has 0 heterocycles. The smallest absolute Gasteiger partial charge is 0.404 e. The minimum atomic E-state index is -5.00. The second-order valence-corrected chi connectivity index (χ2v) is 8.61. The summed E-state index contributed by atoms with van der Waals surface area (Å²) >= 11 is 3.01. The second-order valence-electron chi connectivity index (χ2n) is 5.96. The van der Waals surface area contributed by atoms with Crippen LogP contribution < -0.4 is 14.4 Å².